The highest BCUT2D eigenvalue weighted by Crippen LogP contribution is 2.18. The first-order valence-electron chi connectivity index (χ1n) is 5.75. The Bertz CT molecular complexity index is 592. The molecule has 1 atom stereocenters. The second kappa shape index (κ2) is 6.64. The van der Waals surface area contributed by atoms with Gasteiger partial charge in [0.25, 0.3) is 0 Å². The van der Waals surface area contributed by atoms with E-state index in [-0.39, 0.29) is 5.56 Å². The predicted molar refractivity (Wildman–Crippen MR) is 68.5 cm³/mol. The lowest BCUT2D eigenvalue weighted by Crippen LogP contribution is -2.45. The molecule has 0 spiro atoms. The van der Waals surface area contributed by atoms with E-state index in [1.54, 1.807) is 0 Å². The van der Waals surface area contributed by atoms with Crippen molar-refractivity contribution in [2.24, 2.45) is 5.73 Å². The van der Waals surface area contributed by atoms with Crippen LogP contribution in [0, 0.1) is 18.6 Å². The van der Waals surface area contributed by atoms with E-state index >= 15 is 0 Å². The Morgan fingerprint density at radius 2 is 1.90 bits per heavy atom. The van der Waals surface area contributed by atoms with Crippen molar-refractivity contribution in [3.05, 3.63) is 29.3 Å². The van der Waals surface area contributed by atoms with Gasteiger partial charge < -0.3 is 21.5 Å². The van der Waals surface area contributed by atoms with Crippen molar-refractivity contribution in [3.8, 4) is 0 Å². The zero-order valence-corrected chi connectivity index (χ0v) is 10.9. The molecule has 21 heavy (non-hydrogen) atoms. The summed E-state index contributed by atoms with van der Waals surface area (Å²) in [4.78, 5) is 33.0. The highest BCUT2D eigenvalue weighted by molar-refractivity contribution is 5.93. The number of carbonyl (C=O) groups is 3. The Kier molecular flexibility index (Phi) is 5.17. The van der Waals surface area contributed by atoms with E-state index in [1.807, 2.05) is 10.6 Å². The van der Waals surface area contributed by atoms with Gasteiger partial charge in [0.2, 0.25) is 5.91 Å². The molecule has 5 N–H and O–H groups in total. The molecule has 0 aliphatic rings. The van der Waals surface area contributed by atoms with E-state index in [9.17, 15) is 23.2 Å². The van der Waals surface area contributed by atoms with Gasteiger partial charge in [-0.1, -0.05) is 0 Å². The Morgan fingerprint density at radius 1 is 1.29 bits per heavy atom. The third-order valence-corrected chi connectivity index (χ3v) is 2.51. The maximum Gasteiger partial charge on any atom is 0.326 e. The van der Waals surface area contributed by atoms with Crippen LogP contribution in [0.3, 0.4) is 0 Å². The number of halogens is 2. The second-order valence-electron chi connectivity index (χ2n) is 4.24. The Balaban J connectivity index is 2.79. The SMILES string of the molecule is Cc1cc(F)c(NC(=O)N[C@@H](CC(N)=O)C(=O)O)cc1F. The van der Waals surface area contributed by atoms with Crippen LogP contribution in [0.5, 0.6) is 0 Å². The number of nitrogens with one attached hydrogen (secondary N) is 2. The van der Waals surface area contributed by atoms with E-state index in [1.165, 1.54) is 6.92 Å². The molecule has 9 heteroatoms. The van der Waals surface area contributed by atoms with Gasteiger partial charge in [-0.05, 0) is 18.6 Å². The maximum absolute atomic E-state index is 13.5. The molecular weight excluding hydrogens is 288 g/mol. The van der Waals surface area contributed by atoms with Crippen LogP contribution >= 0.6 is 0 Å². The number of rotatable bonds is 5. The Hall–Kier alpha value is -2.71. The molecule has 7 nitrogen and oxygen atoms in total. The standard InChI is InChI=1S/C12H13F2N3O4/c1-5-2-7(14)8(3-6(5)13)16-12(21)17-9(11(19)20)4-10(15)18/h2-3,9H,4H2,1H3,(H2,15,18)(H,19,20)(H2,16,17,21)/t9-/m0/s1. The van der Waals surface area contributed by atoms with Gasteiger partial charge >= 0.3 is 12.0 Å². The number of urea groups is 1. The molecule has 0 aliphatic carbocycles. The quantitative estimate of drug-likeness (QED) is 0.640. The molecule has 0 radical (unpaired) electrons. The number of carboxylic acids is 1. The first-order chi connectivity index (χ1) is 9.70. The zero-order chi connectivity index (χ0) is 16.2. The second-order valence-corrected chi connectivity index (χ2v) is 4.24. The minimum absolute atomic E-state index is 0.0515. The molecule has 0 unspecified atom stereocenters. The van der Waals surface area contributed by atoms with Crippen LogP contribution < -0.4 is 16.4 Å². The fraction of sp³-hybridized carbons (Fsp3) is 0.250. The maximum atomic E-state index is 13.5. The number of carbonyl (C=O) groups excluding carboxylic acids is 2. The summed E-state index contributed by atoms with van der Waals surface area (Å²) in [5.41, 5.74) is 4.43. The highest BCUT2D eigenvalue weighted by atomic mass is 19.1. The van der Waals surface area contributed by atoms with Crippen molar-refractivity contribution in [1.29, 1.82) is 0 Å². The van der Waals surface area contributed by atoms with Crippen molar-refractivity contribution in [2.45, 2.75) is 19.4 Å². The predicted octanol–water partition coefficient (Wildman–Crippen LogP) is 0.723. The topological polar surface area (TPSA) is 122 Å². The van der Waals surface area contributed by atoms with E-state index in [0.29, 0.717) is 0 Å². The number of primary amides is 1. The normalized spacial score (nSPS) is 11.6. The number of hydrogen-bond acceptors (Lipinski definition) is 3. The number of amides is 3. The van der Waals surface area contributed by atoms with Gasteiger partial charge in [-0.15, -0.1) is 0 Å². The van der Waals surface area contributed by atoms with Gasteiger partial charge in [0.05, 0.1) is 12.1 Å². The van der Waals surface area contributed by atoms with Crippen molar-refractivity contribution in [3.63, 3.8) is 0 Å². The number of hydrogen-bond donors (Lipinski definition) is 4. The molecule has 114 valence electrons. The summed E-state index contributed by atoms with van der Waals surface area (Å²) >= 11 is 0. The van der Waals surface area contributed by atoms with E-state index in [2.05, 4.69) is 0 Å². The van der Waals surface area contributed by atoms with Crippen LogP contribution in [0.15, 0.2) is 12.1 Å². The Labute approximate surface area is 118 Å². The molecule has 0 heterocycles. The first-order valence-corrected chi connectivity index (χ1v) is 5.75. The number of carboxylic acid groups (broad SMARTS) is 1. The van der Waals surface area contributed by atoms with E-state index < -0.39 is 47.7 Å². The van der Waals surface area contributed by atoms with Crippen LogP contribution in [0.2, 0.25) is 0 Å². The summed E-state index contributed by atoms with van der Waals surface area (Å²) in [5, 5.41) is 12.7. The molecule has 0 aromatic heterocycles. The minimum Gasteiger partial charge on any atom is -0.480 e. The number of anilines is 1. The summed E-state index contributed by atoms with van der Waals surface area (Å²) in [7, 11) is 0. The molecule has 0 bridgehead atoms. The van der Waals surface area contributed by atoms with E-state index in [0.717, 1.165) is 12.1 Å². The smallest absolute Gasteiger partial charge is 0.326 e. The van der Waals surface area contributed by atoms with Crippen molar-refractivity contribution >= 4 is 23.6 Å². The first kappa shape index (κ1) is 16.3. The summed E-state index contributed by atoms with van der Waals surface area (Å²) in [5.74, 6) is -4.04. The fourth-order valence-corrected chi connectivity index (χ4v) is 1.46. The van der Waals surface area contributed by atoms with Crippen molar-refractivity contribution in [1.82, 2.24) is 5.32 Å². The lowest BCUT2D eigenvalue weighted by Gasteiger charge is -2.14. The molecule has 1 aromatic rings. The molecule has 0 fully saturated rings. The van der Waals surface area contributed by atoms with Gasteiger partial charge in [0, 0.05) is 6.07 Å². The average Bonchev–Trinajstić information content (AvgIpc) is 2.34. The monoisotopic (exact) mass is 301 g/mol. The van der Waals surface area contributed by atoms with Gasteiger partial charge in [-0.25, -0.2) is 18.4 Å². The summed E-state index contributed by atoms with van der Waals surface area (Å²) in [6.45, 7) is 1.34. The summed E-state index contributed by atoms with van der Waals surface area (Å²) < 4.78 is 26.8. The van der Waals surface area contributed by atoms with Crippen LogP contribution in [0.25, 0.3) is 0 Å². The molecule has 0 aliphatic heterocycles. The largest absolute Gasteiger partial charge is 0.480 e. The van der Waals surface area contributed by atoms with Crippen LogP contribution in [0.4, 0.5) is 19.3 Å². The van der Waals surface area contributed by atoms with Crippen molar-refractivity contribution in [2.75, 3.05) is 5.32 Å². The number of aryl methyl sites for hydroxylation is 1. The third kappa shape index (κ3) is 4.71. The molecular formula is C12H13F2N3O4. The van der Waals surface area contributed by atoms with Gasteiger partial charge in [0.1, 0.15) is 17.7 Å². The van der Waals surface area contributed by atoms with Crippen LogP contribution in [-0.2, 0) is 9.59 Å². The Morgan fingerprint density at radius 3 is 2.43 bits per heavy atom. The molecule has 0 saturated carbocycles. The lowest BCUT2D eigenvalue weighted by molar-refractivity contribution is -0.140. The van der Waals surface area contributed by atoms with Crippen LogP contribution in [0.1, 0.15) is 12.0 Å². The summed E-state index contributed by atoms with van der Waals surface area (Å²) in [6.07, 6.45) is -0.631. The molecule has 1 rings (SSSR count). The fourth-order valence-electron chi connectivity index (χ4n) is 1.46. The van der Waals surface area contributed by atoms with E-state index in [4.69, 9.17) is 10.8 Å². The van der Waals surface area contributed by atoms with Gasteiger partial charge in [-0.2, -0.15) is 0 Å². The number of aliphatic carboxylic acids is 1. The lowest BCUT2D eigenvalue weighted by atomic mass is 10.2. The van der Waals surface area contributed by atoms with Crippen LogP contribution in [-0.4, -0.2) is 29.1 Å². The minimum atomic E-state index is -1.57. The summed E-state index contributed by atoms with van der Waals surface area (Å²) in [6, 6.07) is -1.04. The molecule has 1 aromatic carbocycles. The van der Waals surface area contributed by atoms with Gasteiger partial charge in [-0.3, -0.25) is 4.79 Å². The number of nitrogens with two attached hydrogens (primary N) is 1. The third-order valence-electron chi connectivity index (χ3n) is 2.51. The zero-order valence-electron chi connectivity index (χ0n) is 10.9. The highest BCUT2D eigenvalue weighted by Gasteiger charge is 2.22. The molecule has 0 saturated heterocycles. The van der Waals surface area contributed by atoms with Crippen molar-refractivity contribution < 1.29 is 28.3 Å². The molecule has 3 amide bonds. The van der Waals surface area contributed by atoms with Gasteiger partial charge in [0.15, 0.2) is 0 Å². The average molecular weight is 301 g/mol. The number of benzene rings is 1.